The largest absolute Gasteiger partial charge is 0 e. The van der Waals surface area contributed by atoms with E-state index >= 15 is 0 Å². The van der Waals surface area contributed by atoms with Gasteiger partial charge in [0, 0.05) is 54.3 Å². The van der Waals surface area contributed by atoms with E-state index in [-0.39, 0.29) is 73.2 Å². The molecule has 0 aromatic carbocycles. The summed E-state index contributed by atoms with van der Waals surface area (Å²) in [6.45, 7) is 0. The van der Waals surface area contributed by atoms with Gasteiger partial charge >= 0.3 is 18.9 Å². The van der Waals surface area contributed by atoms with E-state index in [1.54, 1.807) is 0 Å². The molecule has 0 saturated carbocycles. The van der Waals surface area contributed by atoms with Gasteiger partial charge in [-0.2, -0.15) is 0 Å². The van der Waals surface area contributed by atoms with Crippen LogP contribution in [0.15, 0.2) is 0 Å². The molecule has 0 unspecified atom stereocenters. The molecule has 0 aliphatic rings. The van der Waals surface area contributed by atoms with E-state index in [1.165, 1.54) is 0 Å². The van der Waals surface area contributed by atoms with Gasteiger partial charge in [0.15, 0.2) is 0 Å². The zero-order valence-electron chi connectivity index (χ0n) is 1.06. The number of hydrogen-bond acceptors (Lipinski definition) is 0. The van der Waals surface area contributed by atoms with Crippen LogP contribution in [0.4, 0.5) is 0 Å². The fraction of sp³-hybridized carbons (Fsp3) is 0. The van der Waals surface area contributed by atoms with E-state index < -0.39 is 0 Å². The molecule has 0 saturated heterocycles. The Kier molecular flexibility index (Phi) is 156. The summed E-state index contributed by atoms with van der Waals surface area (Å²) < 4.78 is 0. The van der Waals surface area contributed by atoms with Gasteiger partial charge in [-0.15, -0.1) is 0 Å². The van der Waals surface area contributed by atoms with Crippen molar-refractivity contribution in [2.45, 2.75) is 0 Å². The molecule has 0 fully saturated rings. The third-order valence-corrected chi connectivity index (χ3v) is 0. The molecule has 0 nitrogen and oxygen atoms in total. The van der Waals surface area contributed by atoms with Gasteiger partial charge in [0.2, 0.25) is 0 Å². The fourth-order valence-corrected chi connectivity index (χ4v) is 0. The van der Waals surface area contributed by atoms with Crippen LogP contribution in [0.5, 0.6) is 0 Å². The first-order valence-corrected chi connectivity index (χ1v) is 0. The molecule has 4 heavy (non-hydrogen) atoms. The summed E-state index contributed by atoms with van der Waals surface area (Å²) in [5, 5.41) is 0. The second-order valence-corrected chi connectivity index (χ2v) is 0. The Bertz CT molecular complexity index is 8.00. The van der Waals surface area contributed by atoms with Crippen LogP contribution in [-0.2, 0) is 54.3 Å². The van der Waals surface area contributed by atoms with Crippen molar-refractivity contribution < 1.29 is 54.3 Å². The topological polar surface area (TPSA) is 0 Å². The van der Waals surface area contributed by atoms with Crippen LogP contribution < -0.4 is 0 Å². The van der Waals surface area contributed by atoms with Crippen molar-refractivity contribution in [3.05, 3.63) is 0 Å². The molecule has 0 rings (SSSR count). The average molecular weight is 309 g/mol. The van der Waals surface area contributed by atoms with Gasteiger partial charge in [0.1, 0.15) is 0 Å². The molecule has 0 amide bonds. The second kappa shape index (κ2) is 18.6. The predicted octanol–water partition coefficient (Wildman–Crippen LogP) is -0.656. The number of hydrogen-bond donors (Lipinski definition) is 0. The van der Waals surface area contributed by atoms with Crippen molar-refractivity contribution in [3.8, 4) is 0 Å². The zero-order chi connectivity index (χ0) is 0. The maximum Gasteiger partial charge on any atom is 0 e. The summed E-state index contributed by atoms with van der Waals surface area (Å²) in [6.07, 6.45) is 0. The fourth-order valence-electron chi connectivity index (χ4n) is 0. The maximum absolute atomic E-state index is 0. The van der Waals surface area contributed by atoms with Crippen molar-refractivity contribution in [2.24, 2.45) is 0 Å². The van der Waals surface area contributed by atoms with Crippen LogP contribution in [0.1, 0.15) is 0 Å². The first-order valence-electron chi connectivity index (χ1n) is 0. The van der Waals surface area contributed by atoms with E-state index in [1.807, 2.05) is 0 Å². The molecule has 0 heterocycles. The van der Waals surface area contributed by atoms with Crippen LogP contribution in [-0.4, -0.2) is 18.9 Å². The summed E-state index contributed by atoms with van der Waals surface area (Å²) >= 11 is 0. The first-order chi connectivity index (χ1) is 0. The molecule has 0 spiro atoms. The van der Waals surface area contributed by atoms with Crippen LogP contribution in [0.3, 0.4) is 0 Å². The molecule has 0 aromatic heterocycles. The molecule has 0 aliphatic carbocycles. The van der Waals surface area contributed by atoms with Gasteiger partial charge in [-0.25, -0.2) is 0 Å². The first kappa shape index (κ1) is 33.6. The Morgan fingerprint density at radius 3 is 1.00 bits per heavy atom. The molecular formula is HCoLiNiW. The molecule has 4 heteroatoms. The summed E-state index contributed by atoms with van der Waals surface area (Å²) in [7, 11) is 0. The van der Waals surface area contributed by atoms with Crippen molar-refractivity contribution >= 4 is 18.9 Å². The minimum atomic E-state index is 0. The number of rotatable bonds is 0. The Hall–Kier alpha value is 2.29. The molecule has 0 bridgehead atoms. The quantitative estimate of drug-likeness (QED) is 0.522. The normalized spacial score (nSPS) is 0. The van der Waals surface area contributed by atoms with Crippen LogP contribution in [0.2, 0.25) is 0 Å². The minimum absolute atomic E-state index is 0. The summed E-state index contributed by atoms with van der Waals surface area (Å²) in [5.74, 6) is 0. The Morgan fingerprint density at radius 1 is 1.00 bits per heavy atom. The second-order valence-electron chi connectivity index (χ2n) is 0. The summed E-state index contributed by atoms with van der Waals surface area (Å²) in [6, 6.07) is 0. The molecule has 27 valence electrons. The van der Waals surface area contributed by atoms with Crippen LogP contribution in [0, 0.1) is 0 Å². The minimum Gasteiger partial charge on any atom is 0 e. The molecule has 0 aromatic rings. The van der Waals surface area contributed by atoms with Crippen LogP contribution >= 0.6 is 0 Å². The van der Waals surface area contributed by atoms with Crippen molar-refractivity contribution in [3.63, 3.8) is 0 Å². The molecule has 0 atom stereocenters. The van der Waals surface area contributed by atoms with Crippen molar-refractivity contribution in [1.82, 2.24) is 0 Å². The molecule has 0 aliphatic heterocycles. The SMILES string of the molecule is [Co].[LiH].[Ni].[W]. The molecule has 1 radical (unpaired) electrons. The van der Waals surface area contributed by atoms with E-state index in [2.05, 4.69) is 0 Å². The summed E-state index contributed by atoms with van der Waals surface area (Å²) in [5.41, 5.74) is 0. The summed E-state index contributed by atoms with van der Waals surface area (Å²) in [4.78, 5) is 0. The van der Waals surface area contributed by atoms with Gasteiger partial charge in [-0.05, 0) is 0 Å². The van der Waals surface area contributed by atoms with Gasteiger partial charge in [-0.1, -0.05) is 0 Å². The Balaban J connectivity index is 0. The Labute approximate surface area is 72.4 Å². The third kappa shape index (κ3) is 8.86. The monoisotopic (exact) mass is 309 g/mol. The van der Waals surface area contributed by atoms with Gasteiger partial charge in [0.05, 0.1) is 0 Å². The standard InChI is InChI=1S/Co.Li.Ni.W.H. The van der Waals surface area contributed by atoms with Gasteiger partial charge in [-0.3, -0.25) is 0 Å². The molecular weight excluding hydrogens is 308 g/mol. The third-order valence-electron chi connectivity index (χ3n) is 0. The Morgan fingerprint density at radius 2 is 1.00 bits per heavy atom. The van der Waals surface area contributed by atoms with Crippen molar-refractivity contribution in [1.29, 1.82) is 0 Å². The van der Waals surface area contributed by atoms with E-state index in [0.29, 0.717) is 0 Å². The maximum atomic E-state index is 0. The van der Waals surface area contributed by atoms with E-state index in [4.69, 9.17) is 0 Å². The van der Waals surface area contributed by atoms with Crippen molar-refractivity contribution in [2.75, 3.05) is 0 Å². The van der Waals surface area contributed by atoms with Gasteiger partial charge < -0.3 is 0 Å². The van der Waals surface area contributed by atoms with E-state index in [9.17, 15) is 0 Å². The zero-order valence-corrected chi connectivity index (χ0v) is 6.02. The average Bonchev–Trinajstić information content (AvgIpc) is 0. The predicted molar refractivity (Wildman–Crippen MR) is 7.15 cm³/mol. The van der Waals surface area contributed by atoms with Gasteiger partial charge in [0.25, 0.3) is 0 Å². The smallest absolute Gasteiger partial charge is 0 e. The van der Waals surface area contributed by atoms with Crippen LogP contribution in [0.25, 0.3) is 0 Å². The van der Waals surface area contributed by atoms with E-state index in [0.717, 1.165) is 0 Å². The molecule has 0 N–H and O–H groups in total.